The summed E-state index contributed by atoms with van der Waals surface area (Å²) in [6, 6.07) is 7.92. The highest BCUT2D eigenvalue weighted by Crippen LogP contribution is 2.22. The highest BCUT2D eigenvalue weighted by molar-refractivity contribution is 7.13. The van der Waals surface area contributed by atoms with E-state index in [1.54, 1.807) is 6.92 Å². The van der Waals surface area contributed by atoms with Crippen LogP contribution in [0, 0.1) is 6.92 Å². The number of hydrogen-bond donors (Lipinski definition) is 0. The summed E-state index contributed by atoms with van der Waals surface area (Å²) in [5, 5.41) is 0.861. The second kappa shape index (κ2) is 6.66. The van der Waals surface area contributed by atoms with Crippen LogP contribution in [0.25, 0.3) is 0 Å². The van der Waals surface area contributed by atoms with Crippen molar-refractivity contribution in [3.63, 3.8) is 0 Å². The fourth-order valence-electron chi connectivity index (χ4n) is 1.99. The van der Waals surface area contributed by atoms with Gasteiger partial charge in [-0.1, -0.05) is 25.5 Å². The normalized spacial score (nSPS) is 10.6. The Morgan fingerprint density at radius 1 is 1.40 bits per heavy atom. The highest BCUT2D eigenvalue weighted by Gasteiger charge is 2.14. The van der Waals surface area contributed by atoms with Crippen LogP contribution in [-0.2, 0) is 13.0 Å². The Kier molecular flexibility index (Phi) is 4.90. The van der Waals surface area contributed by atoms with Gasteiger partial charge < -0.3 is 4.74 Å². The van der Waals surface area contributed by atoms with Crippen LogP contribution in [0.1, 0.15) is 46.2 Å². The number of rotatable bonds is 6. The molecule has 0 spiro atoms. The van der Waals surface area contributed by atoms with Crippen molar-refractivity contribution in [1.82, 2.24) is 4.98 Å². The molecule has 4 heteroatoms. The predicted molar refractivity (Wildman–Crippen MR) is 81.6 cm³/mol. The number of nitrogens with zero attached hydrogens (tertiary/aromatic N) is 1. The summed E-state index contributed by atoms with van der Waals surface area (Å²) in [5.74, 6) is 0.925. The number of hydrogen-bond acceptors (Lipinski definition) is 4. The third-order valence-electron chi connectivity index (χ3n) is 2.90. The van der Waals surface area contributed by atoms with Crippen molar-refractivity contribution in [2.24, 2.45) is 0 Å². The van der Waals surface area contributed by atoms with E-state index in [0.29, 0.717) is 6.61 Å². The van der Waals surface area contributed by atoms with Gasteiger partial charge in [-0.05, 0) is 31.0 Å². The largest absolute Gasteiger partial charge is 0.486 e. The molecule has 0 bridgehead atoms. The molecule has 1 aromatic carbocycles. The molecule has 20 heavy (non-hydrogen) atoms. The lowest BCUT2D eigenvalue weighted by Crippen LogP contribution is -1.97. The van der Waals surface area contributed by atoms with Gasteiger partial charge in [0.2, 0.25) is 0 Å². The number of carbonyl (C=O) groups is 1. The standard InChI is InChI=1S/C16H19NO2S/c1-4-6-14-16(12(3)18)20-15(17-14)10-19-13-8-5-7-11(2)9-13/h5,7-9H,4,6,10H2,1-3H3. The first-order valence-electron chi connectivity index (χ1n) is 6.79. The molecule has 2 aromatic rings. The molecule has 0 aliphatic rings. The second-order valence-corrected chi connectivity index (χ2v) is 5.88. The molecule has 0 saturated heterocycles. The van der Waals surface area contributed by atoms with Gasteiger partial charge >= 0.3 is 0 Å². The van der Waals surface area contributed by atoms with Crippen molar-refractivity contribution in [1.29, 1.82) is 0 Å². The summed E-state index contributed by atoms with van der Waals surface area (Å²) in [7, 11) is 0. The summed E-state index contributed by atoms with van der Waals surface area (Å²) in [6.45, 7) is 6.13. The fraction of sp³-hybridized carbons (Fsp3) is 0.375. The first kappa shape index (κ1) is 14.7. The van der Waals surface area contributed by atoms with Gasteiger partial charge in [-0.3, -0.25) is 4.79 Å². The van der Waals surface area contributed by atoms with Crippen LogP contribution in [0.4, 0.5) is 0 Å². The molecule has 0 unspecified atom stereocenters. The van der Waals surface area contributed by atoms with E-state index in [0.717, 1.165) is 39.7 Å². The zero-order valence-corrected chi connectivity index (χ0v) is 12.9. The Morgan fingerprint density at radius 3 is 2.85 bits per heavy atom. The molecule has 106 valence electrons. The predicted octanol–water partition coefficient (Wildman–Crippen LogP) is 4.19. The van der Waals surface area contributed by atoms with E-state index in [1.807, 2.05) is 31.2 Å². The number of ether oxygens (including phenoxy) is 1. The third-order valence-corrected chi connectivity index (χ3v) is 4.07. The number of aryl methyl sites for hydroxylation is 2. The Hall–Kier alpha value is -1.68. The monoisotopic (exact) mass is 289 g/mol. The molecule has 1 aromatic heterocycles. The fourth-order valence-corrected chi connectivity index (χ4v) is 2.91. The molecule has 0 aliphatic heterocycles. The number of Topliss-reactive ketones (excluding diaryl/α,β-unsaturated/α-hetero) is 1. The van der Waals surface area contributed by atoms with Gasteiger partial charge in [-0.2, -0.15) is 0 Å². The number of aromatic nitrogens is 1. The van der Waals surface area contributed by atoms with Crippen molar-refractivity contribution < 1.29 is 9.53 Å². The average Bonchev–Trinajstić information content (AvgIpc) is 2.80. The van der Waals surface area contributed by atoms with Gasteiger partial charge in [0.05, 0.1) is 10.6 Å². The van der Waals surface area contributed by atoms with E-state index in [1.165, 1.54) is 11.3 Å². The molecule has 0 atom stereocenters. The van der Waals surface area contributed by atoms with Crippen LogP contribution in [-0.4, -0.2) is 10.8 Å². The van der Waals surface area contributed by atoms with Crippen LogP contribution >= 0.6 is 11.3 Å². The summed E-state index contributed by atoms with van der Waals surface area (Å²) in [4.78, 5) is 16.9. The topological polar surface area (TPSA) is 39.2 Å². The maximum absolute atomic E-state index is 11.6. The summed E-state index contributed by atoms with van der Waals surface area (Å²) in [5.41, 5.74) is 2.07. The lowest BCUT2D eigenvalue weighted by atomic mass is 10.2. The average molecular weight is 289 g/mol. The maximum Gasteiger partial charge on any atom is 0.171 e. The molecule has 0 radical (unpaired) electrons. The lowest BCUT2D eigenvalue weighted by Gasteiger charge is -2.04. The molecule has 0 N–H and O–H groups in total. The first-order valence-corrected chi connectivity index (χ1v) is 7.60. The smallest absolute Gasteiger partial charge is 0.171 e. The quantitative estimate of drug-likeness (QED) is 0.749. The van der Waals surface area contributed by atoms with E-state index >= 15 is 0 Å². The second-order valence-electron chi connectivity index (χ2n) is 4.79. The number of carbonyl (C=O) groups excluding carboxylic acids is 1. The van der Waals surface area contributed by atoms with E-state index in [-0.39, 0.29) is 5.78 Å². The molecule has 0 fully saturated rings. The summed E-state index contributed by atoms with van der Waals surface area (Å²) < 4.78 is 5.74. The number of thiazole rings is 1. The maximum atomic E-state index is 11.6. The summed E-state index contributed by atoms with van der Waals surface area (Å²) in [6.07, 6.45) is 1.83. The number of ketones is 1. The van der Waals surface area contributed by atoms with Crippen molar-refractivity contribution in [2.45, 2.75) is 40.2 Å². The Balaban J connectivity index is 2.09. The molecule has 3 nitrogen and oxygen atoms in total. The van der Waals surface area contributed by atoms with E-state index in [2.05, 4.69) is 11.9 Å². The molecule has 0 saturated carbocycles. The van der Waals surface area contributed by atoms with Crippen LogP contribution in [0.5, 0.6) is 5.75 Å². The molecular formula is C16H19NO2S. The van der Waals surface area contributed by atoms with Crippen molar-refractivity contribution in [3.8, 4) is 5.75 Å². The zero-order valence-electron chi connectivity index (χ0n) is 12.1. The minimum atomic E-state index is 0.0905. The van der Waals surface area contributed by atoms with Gasteiger partial charge in [0.15, 0.2) is 5.78 Å². The molecule has 0 amide bonds. The van der Waals surface area contributed by atoms with Crippen molar-refractivity contribution in [2.75, 3.05) is 0 Å². The molecule has 2 rings (SSSR count). The summed E-state index contributed by atoms with van der Waals surface area (Å²) >= 11 is 1.45. The third kappa shape index (κ3) is 3.67. The minimum Gasteiger partial charge on any atom is -0.486 e. The van der Waals surface area contributed by atoms with Crippen molar-refractivity contribution >= 4 is 17.1 Å². The van der Waals surface area contributed by atoms with E-state index in [4.69, 9.17) is 4.74 Å². The van der Waals surface area contributed by atoms with Crippen LogP contribution in [0.15, 0.2) is 24.3 Å². The molecule has 0 aliphatic carbocycles. The zero-order chi connectivity index (χ0) is 14.5. The van der Waals surface area contributed by atoms with Gasteiger partial charge in [0.1, 0.15) is 17.4 Å². The Labute approximate surface area is 123 Å². The Bertz CT molecular complexity index is 604. The van der Waals surface area contributed by atoms with E-state index in [9.17, 15) is 4.79 Å². The van der Waals surface area contributed by atoms with Crippen LogP contribution in [0.3, 0.4) is 0 Å². The van der Waals surface area contributed by atoms with Gasteiger partial charge in [-0.25, -0.2) is 4.98 Å². The first-order chi connectivity index (χ1) is 9.60. The Morgan fingerprint density at radius 2 is 2.20 bits per heavy atom. The van der Waals surface area contributed by atoms with Crippen molar-refractivity contribution in [3.05, 3.63) is 45.4 Å². The van der Waals surface area contributed by atoms with Gasteiger partial charge in [-0.15, -0.1) is 11.3 Å². The highest BCUT2D eigenvalue weighted by atomic mass is 32.1. The van der Waals surface area contributed by atoms with Gasteiger partial charge in [0.25, 0.3) is 0 Å². The van der Waals surface area contributed by atoms with Crippen LogP contribution < -0.4 is 4.74 Å². The molecular weight excluding hydrogens is 270 g/mol. The van der Waals surface area contributed by atoms with E-state index < -0.39 is 0 Å². The molecule has 1 heterocycles. The lowest BCUT2D eigenvalue weighted by molar-refractivity contribution is 0.102. The SMILES string of the molecule is CCCc1nc(COc2cccc(C)c2)sc1C(C)=O. The number of benzene rings is 1. The van der Waals surface area contributed by atoms with Gasteiger partial charge in [0, 0.05) is 6.92 Å². The van der Waals surface area contributed by atoms with Crippen LogP contribution in [0.2, 0.25) is 0 Å². The minimum absolute atomic E-state index is 0.0905.